The molecule has 2 aliphatic rings. The molecule has 2 fully saturated rings. The highest BCUT2D eigenvalue weighted by molar-refractivity contribution is 5.80. The van der Waals surface area contributed by atoms with Gasteiger partial charge in [-0.25, -0.2) is 0 Å². The van der Waals surface area contributed by atoms with Gasteiger partial charge in [0.2, 0.25) is 0 Å². The molecule has 4 nitrogen and oxygen atoms in total. The predicted molar refractivity (Wildman–Crippen MR) is 117 cm³/mol. The minimum Gasteiger partial charge on any atom is -0.356 e. The van der Waals surface area contributed by atoms with Crippen molar-refractivity contribution < 1.29 is 0 Å². The SMILES string of the molecule is CN=C(NCC1(c2ccccc2)CC1)NC1CCN(Cc2ccccc2)CC1. The summed E-state index contributed by atoms with van der Waals surface area (Å²) in [4.78, 5) is 7.03. The van der Waals surface area contributed by atoms with Crippen molar-refractivity contribution in [3.8, 4) is 0 Å². The van der Waals surface area contributed by atoms with Crippen molar-refractivity contribution in [2.45, 2.75) is 43.7 Å². The molecule has 0 amide bonds. The molecule has 2 aromatic rings. The number of guanidine groups is 1. The zero-order valence-electron chi connectivity index (χ0n) is 16.9. The first-order valence-electron chi connectivity index (χ1n) is 10.6. The molecular weight excluding hydrogens is 344 g/mol. The lowest BCUT2D eigenvalue weighted by atomic mass is 9.96. The van der Waals surface area contributed by atoms with Crippen LogP contribution in [-0.4, -0.2) is 43.6 Å². The molecule has 1 heterocycles. The second kappa shape index (κ2) is 8.78. The van der Waals surface area contributed by atoms with Gasteiger partial charge in [0.25, 0.3) is 0 Å². The lowest BCUT2D eigenvalue weighted by molar-refractivity contribution is 0.198. The molecule has 0 aromatic heterocycles. The van der Waals surface area contributed by atoms with Crippen molar-refractivity contribution in [3.05, 3.63) is 71.8 Å². The van der Waals surface area contributed by atoms with Crippen molar-refractivity contribution in [2.24, 2.45) is 4.99 Å². The average molecular weight is 377 g/mol. The van der Waals surface area contributed by atoms with E-state index in [0.717, 1.165) is 45.0 Å². The lowest BCUT2D eigenvalue weighted by Gasteiger charge is -2.33. The van der Waals surface area contributed by atoms with Gasteiger partial charge in [-0.2, -0.15) is 0 Å². The van der Waals surface area contributed by atoms with Crippen molar-refractivity contribution >= 4 is 5.96 Å². The van der Waals surface area contributed by atoms with Crippen LogP contribution in [0.2, 0.25) is 0 Å². The Hall–Kier alpha value is -2.33. The van der Waals surface area contributed by atoms with Gasteiger partial charge in [0.15, 0.2) is 5.96 Å². The molecule has 0 atom stereocenters. The molecule has 1 saturated carbocycles. The molecule has 1 aliphatic heterocycles. The standard InChI is InChI=1S/C24H32N4/c1-25-23(26-19-24(14-15-24)21-10-6-3-7-11-21)27-22-12-16-28(17-13-22)18-20-8-4-2-5-9-20/h2-11,22H,12-19H2,1H3,(H2,25,26,27). The van der Waals surface area contributed by atoms with Gasteiger partial charge in [-0.1, -0.05) is 60.7 Å². The third-order valence-electron chi connectivity index (χ3n) is 6.23. The number of aliphatic imine (C=N–C) groups is 1. The van der Waals surface area contributed by atoms with Crippen LogP contribution in [0.5, 0.6) is 0 Å². The maximum Gasteiger partial charge on any atom is 0.191 e. The summed E-state index contributed by atoms with van der Waals surface area (Å²) in [6, 6.07) is 22.2. The van der Waals surface area contributed by atoms with Crippen LogP contribution in [0, 0.1) is 0 Å². The van der Waals surface area contributed by atoms with Gasteiger partial charge in [0, 0.05) is 44.7 Å². The van der Waals surface area contributed by atoms with Crippen molar-refractivity contribution in [1.29, 1.82) is 0 Å². The van der Waals surface area contributed by atoms with E-state index in [-0.39, 0.29) is 0 Å². The maximum absolute atomic E-state index is 4.47. The molecule has 2 aromatic carbocycles. The number of hydrogen-bond donors (Lipinski definition) is 2. The largest absolute Gasteiger partial charge is 0.356 e. The average Bonchev–Trinajstić information content (AvgIpc) is 3.55. The predicted octanol–water partition coefficient (Wildman–Crippen LogP) is 3.55. The lowest BCUT2D eigenvalue weighted by Crippen LogP contribution is -2.49. The van der Waals surface area contributed by atoms with Gasteiger partial charge in [-0.3, -0.25) is 9.89 Å². The highest BCUT2D eigenvalue weighted by Crippen LogP contribution is 2.47. The number of piperidine rings is 1. The van der Waals surface area contributed by atoms with Gasteiger partial charge in [-0.05, 0) is 36.8 Å². The van der Waals surface area contributed by atoms with E-state index in [1.165, 1.54) is 24.0 Å². The molecule has 2 N–H and O–H groups in total. The zero-order chi connectivity index (χ0) is 19.2. The Kier molecular flexibility index (Phi) is 5.96. The number of likely N-dealkylation sites (tertiary alicyclic amines) is 1. The van der Waals surface area contributed by atoms with Crippen molar-refractivity contribution in [1.82, 2.24) is 15.5 Å². The molecule has 0 radical (unpaired) electrons. The van der Waals surface area contributed by atoms with E-state index in [1.54, 1.807) is 0 Å². The maximum atomic E-state index is 4.47. The Morgan fingerprint density at radius 2 is 1.64 bits per heavy atom. The fraction of sp³-hybridized carbons (Fsp3) is 0.458. The molecule has 1 aliphatic carbocycles. The molecule has 0 unspecified atom stereocenters. The smallest absolute Gasteiger partial charge is 0.191 e. The Morgan fingerprint density at radius 3 is 2.25 bits per heavy atom. The fourth-order valence-corrected chi connectivity index (χ4v) is 4.23. The first kappa shape index (κ1) is 19.0. The Labute approximate surface area is 169 Å². The summed E-state index contributed by atoms with van der Waals surface area (Å²) in [5.74, 6) is 0.948. The van der Waals surface area contributed by atoms with E-state index in [9.17, 15) is 0 Å². The minimum atomic E-state index is 0.303. The third kappa shape index (κ3) is 4.74. The van der Waals surface area contributed by atoms with Crippen LogP contribution in [0.15, 0.2) is 65.7 Å². The number of hydrogen-bond acceptors (Lipinski definition) is 2. The molecular formula is C24H32N4. The molecule has 0 spiro atoms. The molecule has 0 bridgehead atoms. The van der Waals surface area contributed by atoms with Gasteiger partial charge in [-0.15, -0.1) is 0 Å². The summed E-state index contributed by atoms with van der Waals surface area (Å²) in [7, 11) is 1.88. The highest BCUT2D eigenvalue weighted by atomic mass is 15.2. The van der Waals surface area contributed by atoms with Gasteiger partial charge in [0.05, 0.1) is 0 Å². The molecule has 4 rings (SSSR count). The van der Waals surface area contributed by atoms with Crippen LogP contribution in [-0.2, 0) is 12.0 Å². The monoisotopic (exact) mass is 376 g/mol. The number of nitrogens with zero attached hydrogens (tertiary/aromatic N) is 2. The zero-order valence-corrected chi connectivity index (χ0v) is 16.9. The van der Waals surface area contributed by atoms with E-state index >= 15 is 0 Å². The summed E-state index contributed by atoms with van der Waals surface area (Å²) in [5.41, 5.74) is 3.16. The molecule has 4 heteroatoms. The summed E-state index contributed by atoms with van der Waals surface area (Å²) < 4.78 is 0. The van der Waals surface area contributed by atoms with Gasteiger partial charge < -0.3 is 10.6 Å². The van der Waals surface area contributed by atoms with E-state index in [0.29, 0.717) is 11.5 Å². The third-order valence-corrected chi connectivity index (χ3v) is 6.23. The normalized spacial score (nSPS) is 20.0. The van der Waals surface area contributed by atoms with Gasteiger partial charge in [0.1, 0.15) is 0 Å². The second-order valence-electron chi connectivity index (χ2n) is 8.25. The summed E-state index contributed by atoms with van der Waals surface area (Å²) in [6.07, 6.45) is 4.85. The van der Waals surface area contributed by atoms with Crippen LogP contribution in [0.25, 0.3) is 0 Å². The molecule has 148 valence electrons. The molecule has 1 saturated heterocycles. The van der Waals surface area contributed by atoms with Crippen LogP contribution in [0.4, 0.5) is 0 Å². The molecule has 28 heavy (non-hydrogen) atoms. The number of rotatable bonds is 6. The van der Waals surface area contributed by atoms with E-state index in [1.807, 2.05) is 7.05 Å². The van der Waals surface area contributed by atoms with Crippen LogP contribution < -0.4 is 10.6 Å². The first-order chi connectivity index (χ1) is 13.8. The Morgan fingerprint density at radius 1 is 1.00 bits per heavy atom. The number of nitrogens with one attached hydrogen (secondary N) is 2. The summed E-state index contributed by atoms with van der Waals surface area (Å²) in [6.45, 7) is 4.29. The second-order valence-corrected chi connectivity index (χ2v) is 8.25. The summed E-state index contributed by atoms with van der Waals surface area (Å²) in [5, 5.41) is 7.25. The quantitative estimate of drug-likeness (QED) is 0.598. The van der Waals surface area contributed by atoms with Gasteiger partial charge >= 0.3 is 0 Å². The van der Waals surface area contributed by atoms with E-state index in [2.05, 4.69) is 81.2 Å². The van der Waals surface area contributed by atoms with Crippen LogP contribution in [0.1, 0.15) is 36.8 Å². The van der Waals surface area contributed by atoms with Crippen LogP contribution in [0.3, 0.4) is 0 Å². The fourth-order valence-electron chi connectivity index (χ4n) is 4.23. The highest BCUT2D eigenvalue weighted by Gasteiger charge is 2.44. The van der Waals surface area contributed by atoms with Crippen molar-refractivity contribution in [3.63, 3.8) is 0 Å². The van der Waals surface area contributed by atoms with Crippen LogP contribution >= 0.6 is 0 Å². The van der Waals surface area contributed by atoms with E-state index < -0.39 is 0 Å². The topological polar surface area (TPSA) is 39.7 Å². The van der Waals surface area contributed by atoms with Crippen molar-refractivity contribution in [2.75, 3.05) is 26.7 Å². The van der Waals surface area contributed by atoms with E-state index in [4.69, 9.17) is 0 Å². The summed E-state index contributed by atoms with van der Waals surface area (Å²) >= 11 is 0. The Balaban J connectivity index is 1.23. The first-order valence-corrected chi connectivity index (χ1v) is 10.6. The number of benzene rings is 2. The minimum absolute atomic E-state index is 0.303. The Bertz CT molecular complexity index is 760.